The molecule has 1 aromatic carbocycles. The number of halogens is 1. The number of aromatic nitrogens is 2. The number of amides is 1. The summed E-state index contributed by atoms with van der Waals surface area (Å²) >= 11 is 5.93. The predicted molar refractivity (Wildman–Crippen MR) is 95.6 cm³/mol. The molecule has 1 amide bonds. The number of nitrogens with two attached hydrogens (primary N) is 1. The molecule has 0 aliphatic carbocycles. The van der Waals surface area contributed by atoms with E-state index < -0.39 is 0 Å². The Morgan fingerprint density at radius 2 is 2.04 bits per heavy atom. The summed E-state index contributed by atoms with van der Waals surface area (Å²) in [5, 5.41) is 5.16. The second-order valence-corrected chi connectivity index (χ2v) is 6.91. The minimum atomic E-state index is -0.0270. The van der Waals surface area contributed by atoms with E-state index >= 15 is 0 Å². The Labute approximate surface area is 147 Å². The lowest BCUT2D eigenvalue weighted by Gasteiger charge is -2.38. The zero-order chi connectivity index (χ0) is 17.3. The second kappa shape index (κ2) is 6.95. The molecule has 2 heterocycles. The largest absolute Gasteiger partial charge is 0.334 e. The molecule has 3 rings (SSSR count). The van der Waals surface area contributed by atoms with E-state index in [-0.39, 0.29) is 18.0 Å². The number of hydrogen-bond acceptors (Lipinski definition) is 3. The van der Waals surface area contributed by atoms with Gasteiger partial charge in [0.05, 0.1) is 16.9 Å². The van der Waals surface area contributed by atoms with E-state index in [0.29, 0.717) is 10.6 Å². The van der Waals surface area contributed by atoms with Crippen LogP contribution in [0.15, 0.2) is 30.5 Å². The smallest absolute Gasteiger partial charge is 0.257 e. The average Bonchev–Trinajstić information content (AvgIpc) is 2.96. The molecule has 2 aromatic rings. The average molecular weight is 347 g/mol. The van der Waals surface area contributed by atoms with Gasteiger partial charge in [0, 0.05) is 29.8 Å². The van der Waals surface area contributed by atoms with Crippen molar-refractivity contribution in [1.82, 2.24) is 14.7 Å². The number of likely N-dealkylation sites (tertiary alicyclic amines) is 1. The van der Waals surface area contributed by atoms with Crippen LogP contribution in [0.3, 0.4) is 0 Å². The highest BCUT2D eigenvalue weighted by atomic mass is 35.5. The van der Waals surface area contributed by atoms with Gasteiger partial charge in [-0.05, 0) is 57.4 Å². The minimum absolute atomic E-state index is 0.0229. The molecule has 128 valence electrons. The maximum absolute atomic E-state index is 13.0. The minimum Gasteiger partial charge on any atom is -0.334 e. The van der Waals surface area contributed by atoms with Crippen molar-refractivity contribution in [2.45, 2.75) is 45.2 Å². The van der Waals surface area contributed by atoms with Gasteiger partial charge in [0.2, 0.25) is 0 Å². The van der Waals surface area contributed by atoms with Gasteiger partial charge in [0.25, 0.3) is 5.91 Å². The molecule has 1 saturated heterocycles. The highest BCUT2D eigenvalue weighted by molar-refractivity contribution is 6.30. The molecule has 1 fully saturated rings. The van der Waals surface area contributed by atoms with Crippen LogP contribution in [0.5, 0.6) is 0 Å². The third kappa shape index (κ3) is 3.32. The van der Waals surface area contributed by atoms with Gasteiger partial charge in [-0.15, -0.1) is 0 Å². The van der Waals surface area contributed by atoms with Crippen molar-refractivity contribution in [3.63, 3.8) is 0 Å². The van der Waals surface area contributed by atoms with Gasteiger partial charge in [-0.2, -0.15) is 5.10 Å². The summed E-state index contributed by atoms with van der Waals surface area (Å²) in [7, 11) is 0. The van der Waals surface area contributed by atoms with Crippen LogP contribution in [0, 0.1) is 6.92 Å². The molecular formula is C18H23ClN4O. The van der Waals surface area contributed by atoms with E-state index in [1.54, 1.807) is 10.9 Å². The van der Waals surface area contributed by atoms with Crippen LogP contribution in [0.25, 0.3) is 5.69 Å². The van der Waals surface area contributed by atoms with Crippen molar-refractivity contribution in [2.24, 2.45) is 5.73 Å². The first-order chi connectivity index (χ1) is 11.5. The van der Waals surface area contributed by atoms with Crippen molar-refractivity contribution < 1.29 is 4.79 Å². The maximum Gasteiger partial charge on any atom is 0.257 e. The summed E-state index contributed by atoms with van der Waals surface area (Å²) in [5.41, 5.74) is 8.34. The van der Waals surface area contributed by atoms with Gasteiger partial charge < -0.3 is 10.6 Å². The van der Waals surface area contributed by atoms with Gasteiger partial charge in [0.1, 0.15) is 0 Å². The normalized spacial score (nSPS) is 19.3. The molecule has 2 unspecified atom stereocenters. The Bertz CT molecular complexity index is 723. The van der Waals surface area contributed by atoms with E-state index in [9.17, 15) is 4.79 Å². The summed E-state index contributed by atoms with van der Waals surface area (Å²) in [6, 6.07) is 7.47. The number of rotatable bonds is 3. The molecule has 1 aliphatic heterocycles. The molecule has 24 heavy (non-hydrogen) atoms. The Kier molecular flexibility index (Phi) is 4.92. The Balaban J connectivity index is 1.89. The van der Waals surface area contributed by atoms with Gasteiger partial charge >= 0.3 is 0 Å². The van der Waals surface area contributed by atoms with E-state index in [1.807, 2.05) is 43.0 Å². The van der Waals surface area contributed by atoms with Crippen molar-refractivity contribution >= 4 is 17.5 Å². The first-order valence-electron chi connectivity index (χ1n) is 8.36. The monoisotopic (exact) mass is 346 g/mol. The summed E-state index contributed by atoms with van der Waals surface area (Å²) < 4.78 is 1.73. The zero-order valence-electron chi connectivity index (χ0n) is 14.1. The lowest BCUT2D eigenvalue weighted by atomic mass is 9.96. The fourth-order valence-corrected chi connectivity index (χ4v) is 3.43. The molecule has 0 radical (unpaired) electrons. The molecule has 5 nitrogen and oxygen atoms in total. The van der Waals surface area contributed by atoms with E-state index in [0.717, 1.165) is 37.2 Å². The van der Waals surface area contributed by atoms with E-state index in [1.165, 1.54) is 0 Å². The Morgan fingerprint density at radius 3 is 2.71 bits per heavy atom. The Hall–Kier alpha value is -1.85. The van der Waals surface area contributed by atoms with Gasteiger partial charge in [-0.1, -0.05) is 11.6 Å². The van der Waals surface area contributed by atoms with Crippen molar-refractivity contribution in [3.05, 3.63) is 46.7 Å². The molecule has 0 saturated carbocycles. The lowest BCUT2D eigenvalue weighted by Crippen LogP contribution is -2.51. The molecule has 0 spiro atoms. The standard InChI is InChI=1S/C18H23ClN4O/c1-12(20)17-5-3-4-10-22(17)18(24)16-11-23(21-13(16)2)15-8-6-14(19)7-9-15/h6-9,11-12,17H,3-5,10,20H2,1-2H3. The summed E-state index contributed by atoms with van der Waals surface area (Å²) in [5.74, 6) is 0.0229. The van der Waals surface area contributed by atoms with Gasteiger partial charge in [-0.25, -0.2) is 4.68 Å². The summed E-state index contributed by atoms with van der Waals surface area (Å²) in [6.07, 6.45) is 4.92. The maximum atomic E-state index is 13.0. The Morgan fingerprint density at radius 1 is 1.33 bits per heavy atom. The fraction of sp³-hybridized carbons (Fsp3) is 0.444. The molecule has 2 atom stereocenters. The molecule has 1 aromatic heterocycles. The van der Waals surface area contributed by atoms with Crippen LogP contribution in [0.4, 0.5) is 0 Å². The van der Waals surface area contributed by atoms with Crippen molar-refractivity contribution in [1.29, 1.82) is 0 Å². The highest BCUT2D eigenvalue weighted by Gasteiger charge is 2.31. The van der Waals surface area contributed by atoms with Crippen molar-refractivity contribution in [2.75, 3.05) is 6.54 Å². The number of hydrogen-bond donors (Lipinski definition) is 1. The third-order valence-corrected chi connectivity index (χ3v) is 4.89. The molecule has 1 aliphatic rings. The SMILES string of the molecule is Cc1nn(-c2ccc(Cl)cc2)cc1C(=O)N1CCCCC1C(C)N. The molecule has 6 heteroatoms. The van der Waals surface area contributed by atoms with Crippen LogP contribution < -0.4 is 5.73 Å². The lowest BCUT2D eigenvalue weighted by molar-refractivity contribution is 0.0583. The topological polar surface area (TPSA) is 64.2 Å². The highest BCUT2D eigenvalue weighted by Crippen LogP contribution is 2.23. The number of aryl methyl sites for hydroxylation is 1. The summed E-state index contributed by atoms with van der Waals surface area (Å²) in [6.45, 7) is 4.60. The fourth-order valence-electron chi connectivity index (χ4n) is 3.31. The van der Waals surface area contributed by atoms with Crippen LogP contribution in [0.2, 0.25) is 5.02 Å². The first-order valence-corrected chi connectivity index (χ1v) is 8.74. The molecule has 0 bridgehead atoms. The first kappa shape index (κ1) is 17.0. The van der Waals surface area contributed by atoms with Crippen molar-refractivity contribution in [3.8, 4) is 5.69 Å². The number of piperidine rings is 1. The van der Waals surface area contributed by atoms with Crippen LogP contribution in [-0.4, -0.2) is 39.2 Å². The van der Waals surface area contributed by atoms with Gasteiger partial charge in [-0.3, -0.25) is 4.79 Å². The quantitative estimate of drug-likeness (QED) is 0.928. The van der Waals surface area contributed by atoms with E-state index in [4.69, 9.17) is 17.3 Å². The number of carbonyl (C=O) groups is 1. The van der Waals surface area contributed by atoms with Crippen LogP contribution in [0.1, 0.15) is 42.2 Å². The van der Waals surface area contributed by atoms with Gasteiger partial charge in [0.15, 0.2) is 0 Å². The number of benzene rings is 1. The molecule has 2 N–H and O–H groups in total. The van der Waals surface area contributed by atoms with Crippen LogP contribution >= 0.6 is 11.6 Å². The zero-order valence-corrected chi connectivity index (χ0v) is 14.8. The van der Waals surface area contributed by atoms with Crippen LogP contribution in [-0.2, 0) is 0 Å². The van der Waals surface area contributed by atoms with E-state index in [2.05, 4.69) is 5.10 Å². The molecular weight excluding hydrogens is 324 g/mol. The third-order valence-electron chi connectivity index (χ3n) is 4.64. The number of carbonyl (C=O) groups excluding carboxylic acids is 1. The summed E-state index contributed by atoms with van der Waals surface area (Å²) in [4.78, 5) is 15.0. The predicted octanol–water partition coefficient (Wildman–Crippen LogP) is 3.18. The number of nitrogens with zero attached hydrogens (tertiary/aromatic N) is 3. The second-order valence-electron chi connectivity index (χ2n) is 6.47.